The third kappa shape index (κ3) is 3.54. The van der Waals surface area contributed by atoms with Gasteiger partial charge in [-0.3, -0.25) is 9.69 Å². The summed E-state index contributed by atoms with van der Waals surface area (Å²) in [6.45, 7) is 3.79. The predicted octanol–water partition coefficient (Wildman–Crippen LogP) is 4.43. The van der Waals surface area contributed by atoms with Crippen LogP contribution in [-0.2, 0) is 10.0 Å². The van der Waals surface area contributed by atoms with E-state index in [9.17, 15) is 13.2 Å². The molecule has 1 amide bonds. The number of para-hydroxylation sites is 1. The summed E-state index contributed by atoms with van der Waals surface area (Å²) in [6, 6.07) is 17.3. The summed E-state index contributed by atoms with van der Waals surface area (Å²) in [7, 11) is -3.92. The maximum absolute atomic E-state index is 12.9. The third-order valence-electron chi connectivity index (χ3n) is 4.46. The van der Waals surface area contributed by atoms with Crippen molar-refractivity contribution in [2.45, 2.75) is 18.7 Å². The van der Waals surface area contributed by atoms with Crippen LogP contribution in [0.15, 0.2) is 80.6 Å². The molecule has 1 aliphatic heterocycles. The highest BCUT2D eigenvalue weighted by Crippen LogP contribution is 2.39. The first kappa shape index (κ1) is 18.9. The van der Waals surface area contributed by atoms with Crippen LogP contribution >= 0.6 is 0 Å². The molecule has 7 nitrogen and oxygen atoms in total. The molecule has 1 aliphatic rings. The summed E-state index contributed by atoms with van der Waals surface area (Å²) >= 11 is 0. The van der Waals surface area contributed by atoms with E-state index < -0.39 is 15.9 Å². The number of hydrogen-bond acceptors (Lipinski definition) is 5. The molecule has 0 saturated heterocycles. The molecule has 0 saturated carbocycles. The van der Waals surface area contributed by atoms with Gasteiger partial charge in [0.2, 0.25) is 0 Å². The Hall–Kier alpha value is -3.39. The van der Waals surface area contributed by atoms with Gasteiger partial charge in [0.25, 0.3) is 15.9 Å². The molecule has 148 valence electrons. The van der Waals surface area contributed by atoms with E-state index in [1.165, 1.54) is 18.4 Å². The van der Waals surface area contributed by atoms with Gasteiger partial charge in [0.05, 0.1) is 12.0 Å². The van der Waals surface area contributed by atoms with Crippen molar-refractivity contribution in [1.82, 2.24) is 0 Å². The van der Waals surface area contributed by atoms with Crippen LogP contribution in [0.5, 0.6) is 0 Å². The number of carbonyl (C=O) groups excluding carboxylic acids is 1. The Morgan fingerprint density at radius 1 is 1.07 bits per heavy atom. The lowest BCUT2D eigenvalue weighted by Gasteiger charge is -2.33. The number of hydrogen-bond donors (Lipinski definition) is 1. The maximum atomic E-state index is 12.9. The van der Waals surface area contributed by atoms with Gasteiger partial charge in [0.15, 0.2) is 5.76 Å². The quantitative estimate of drug-likeness (QED) is 0.688. The zero-order valence-electron chi connectivity index (χ0n) is 15.9. The summed E-state index contributed by atoms with van der Waals surface area (Å²) in [4.78, 5) is 14.1. The second kappa shape index (κ2) is 7.21. The van der Waals surface area contributed by atoms with E-state index >= 15 is 0 Å². The van der Waals surface area contributed by atoms with E-state index in [4.69, 9.17) is 4.42 Å². The van der Waals surface area contributed by atoms with Crippen molar-refractivity contribution in [1.29, 1.82) is 0 Å². The van der Waals surface area contributed by atoms with Crippen molar-refractivity contribution in [3.63, 3.8) is 0 Å². The molecule has 1 N–H and O–H groups in total. The van der Waals surface area contributed by atoms with E-state index in [1.807, 2.05) is 49.1 Å². The maximum Gasteiger partial charge on any atom is 0.291 e. The van der Waals surface area contributed by atoms with Crippen LogP contribution in [0, 0.1) is 5.92 Å². The van der Waals surface area contributed by atoms with Crippen LogP contribution in [0.2, 0.25) is 0 Å². The summed E-state index contributed by atoms with van der Waals surface area (Å²) in [5, 5.41) is 2.66. The van der Waals surface area contributed by atoms with Gasteiger partial charge in [-0.05, 0) is 42.5 Å². The molecule has 2 heterocycles. The summed E-state index contributed by atoms with van der Waals surface area (Å²) in [6.07, 6.45) is 1.39. The Labute approximate surface area is 168 Å². The summed E-state index contributed by atoms with van der Waals surface area (Å²) < 4.78 is 34.9. The zero-order chi connectivity index (χ0) is 20.6. The van der Waals surface area contributed by atoms with Crippen LogP contribution in [-0.4, -0.2) is 20.2 Å². The molecule has 0 atom stereocenters. The third-order valence-corrected chi connectivity index (χ3v) is 5.77. The Balaban J connectivity index is 1.80. The minimum absolute atomic E-state index is 0.0306. The number of amidine groups is 1. The minimum atomic E-state index is -3.92. The van der Waals surface area contributed by atoms with Crippen LogP contribution in [0.1, 0.15) is 24.4 Å². The molecule has 0 aliphatic carbocycles. The number of sulfonamides is 1. The van der Waals surface area contributed by atoms with E-state index in [0.717, 1.165) is 5.69 Å². The van der Waals surface area contributed by atoms with Gasteiger partial charge >= 0.3 is 0 Å². The number of anilines is 3. The van der Waals surface area contributed by atoms with Gasteiger partial charge in [0.1, 0.15) is 10.7 Å². The van der Waals surface area contributed by atoms with Gasteiger partial charge in [-0.1, -0.05) is 32.0 Å². The van der Waals surface area contributed by atoms with Gasteiger partial charge in [-0.15, -0.1) is 4.40 Å². The molecule has 8 heteroatoms. The average Bonchev–Trinajstić information content (AvgIpc) is 3.23. The summed E-state index contributed by atoms with van der Waals surface area (Å²) in [5.41, 5.74) is 1.64. The zero-order valence-corrected chi connectivity index (χ0v) is 16.7. The van der Waals surface area contributed by atoms with Gasteiger partial charge < -0.3 is 9.73 Å². The lowest BCUT2D eigenvalue weighted by molar-refractivity contribution is 0.0996. The molecule has 2 aromatic carbocycles. The first-order chi connectivity index (χ1) is 13.9. The van der Waals surface area contributed by atoms with Crippen LogP contribution < -0.4 is 10.2 Å². The second-order valence-electron chi connectivity index (χ2n) is 6.86. The fourth-order valence-corrected chi connectivity index (χ4v) is 4.47. The van der Waals surface area contributed by atoms with Gasteiger partial charge in [-0.2, -0.15) is 8.42 Å². The Kier molecular flexibility index (Phi) is 4.71. The Morgan fingerprint density at radius 3 is 2.48 bits per heavy atom. The number of nitrogens with one attached hydrogen (secondary N) is 1. The normalized spacial score (nSPS) is 15.0. The van der Waals surface area contributed by atoms with E-state index in [-0.39, 0.29) is 16.6 Å². The van der Waals surface area contributed by atoms with Crippen molar-refractivity contribution >= 4 is 38.8 Å². The van der Waals surface area contributed by atoms with Crippen molar-refractivity contribution in [3.05, 3.63) is 72.7 Å². The van der Waals surface area contributed by atoms with Gasteiger partial charge in [0, 0.05) is 17.3 Å². The number of nitrogens with zero attached hydrogens (tertiary/aromatic N) is 2. The summed E-state index contributed by atoms with van der Waals surface area (Å²) in [5.74, 6) is -0.00131. The van der Waals surface area contributed by atoms with E-state index in [1.54, 1.807) is 18.2 Å². The molecule has 4 rings (SSSR count). The number of furan rings is 1. The second-order valence-corrected chi connectivity index (χ2v) is 8.44. The number of carbonyl (C=O) groups is 1. The standard InChI is InChI=1S/C21H19N3O4S/c1-14(2)20-23-29(26,27)19-13-15(22-21(25)18-9-6-12-28-18)10-11-17(19)24(20)16-7-4-3-5-8-16/h3-14H,1-2H3,(H,22,25). The fraction of sp³-hybridized carbons (Fsp3) is 0.143. The SMILES string of the molecule is CC(C)C1=NS(=O)(=O)c2cc(NC(=O)c3ccco3)ccc2N1c1ccccc1. The fourth-order valence-electron chi connectivity index (χ4n) is 3.13. The van der Waals surface area contributed by atoms with Crippen molar-refractivity contribution in [2.24, 2.45) is 10.3 Å². The highest BCUT2D eigenvalue weighted by molar-refractivity contribution is 7.90. The van der Waals surface area contributed by atoms with Crippen molar-refractivity contribution < 1.29 is 17.6 Å². The van der Waals surface area contributed by atoms with Crippen molar-refractivity contribution in [3.8, 4) is 0 Å². The van der Waals surface area contributed by atoms with Crippen LogP contribution in [0.25, 0.3) is 0 Å². The lowest BCUT2D eigenvalue weighted by atomic mass is 10.1. The molecule has 29 heavy (non-hydrogen) atoms. The number of benzene rings is 2. The first-order valence-electron chi connectivity index (χ1n) is 9.06. The topological polar surface area (TPSA) is 92.0 Å². The average molecular weight is 409 g/mol. The van der Waals surface area contributed by atoms with Gasteiger partial charge in [-0.25, -0.2) is 0 Å². The molecule has 3 aromatic rings. The first-order valence-corrected chi connectivity index (χ1v) is 10.5. The highest BCUT2D eigenvalue weighted by atomic mass is 32.2. The lowest BCUT2D eigenvalue weighted by Crippen LogP contribution is -2.35. The van der Waals surface area contributed by atoms with Crippen LogP contribution in [0.3, 0.4) is 0 Å². The Bertz CT molecular complexity index is 1180. The molecule has 0 bridgehead atoms. The minimum Gasteiger partial charge on any atom is -0.459 e. The number of fused-ring (bicyclic) bond motifs is 1. The smallest absolute Gasteiger partial charge is 0.291 e. The van der Waals surface area contributed by atoms with Crippen LogP contribution in [0.4, 0.5) is 17.1 Å². The van der Waals surface area contributed by atoms with E-state index in [2.05, 4.69) is 9.71 Å². The molecule has 0 fully saturated rings. The highest BCUT2D eigenvalue weighted by Gasteiger charge is 2.33. The number of rotatable bonds is 4. The Morgan fingerprint density at radius 2 is 1.83 bits per heavy atom. The van der Waals surface area contributed by atoms with Crippen molar-refractivity contribution in [2.75, 3.05) is 10.2 Å². The van der Waals surface area contributed by atoms with E-state index in [0.29, 0.717) is 17.2 Å². The molecule has 0 unspecified atom stereocenters. The number of amides is 1. The molecular weight excluding hydrogens is 390 g/mol. The largest absolute Gasteiger partial charge is 0.459 e. The monoisotopic (exact) mass is 409 g/mol. The molecular formula is C21H19N3O4S. The molecule has 1 aromatic heterocycles. The molecule has 0 radical (unpaired) electrons. The molecule has 0 spiro atoms. The predicted molar refractivity (Wildman–Crippen MR) is 111 cm³/mol.